The average molecular weight is 917 g/mol. The summed E-state index contributed by atoms with van der Waals surface area (Å²) in [4.78, 5) is 50.6. The lowest BCUT2D eigenvalue weighted by molar-refractivity contribution is -0.301. The summed E-state index contributed by atoms with van der Waals surface area (Å²) >= 11 is 0. The first-order valence-corrected chi connectivity index (χ1v) is 25.3. The number of hydrogen-bond donors (Lipinski definition) is 3. The Hall–Kier alpha value is -3.58. The van der Waals surface area contributed by atoms with Crippen LogP contribution in [-0.4, -0.2) is 89.2 Å². The van der Waals surface area contributed by atoms with Crippen LogP contribution < -0.4 is 0 Å². The van der Waals surface area contributed by atoms with E-state index in [1.165, 1.54) is 57.8 Å². The van der Waals surface area contributed by atoms with Crippen LogP contribution in [0.3, 0.4) is 0 Å². The molecule has 12 nitrogen and oxygen atoms in total. The Morgan fingerprint density at radius 2 is 1.00 bits per heavy atom. The normalized spacial score (nSPS) is 19.6. The van der Waals surface area contributed by atoms with Crippen molar-refractivity contribution in [1.29, 1.82) is 0 Å². The molecule has 3 N–H and O–H groups in total. The number of esters is 3. The molecule has 0 aromatic heterocycles. The van der Waals surface area contributed by atoms with Crippen LogP contribution in [0.5, 0.6) is 0 Å². The number of aliphatic carboxylic acids is 1. The second-order valence-corrected chi connectivity index (χ2v) is 17.1. The van der Waals surface area contributed by atoms with E-state index in [1.54, 1.807) is 0 Å². The van der Waals surface area contributed by atoms with Gasteiger partial charge in [0.1, 0.15) is 18.8 Å². The lowest BCUT2D eigenvalue weighted by Gasteiger charge is -2.40. The summed E-state index contributed by atoms with van der Waals surface area (Å²) in [7, 11) is 0. The predicted octanol–water partition coefficient (Wildman–Crippen LogP) is 11.7. The zero-order valence-electron chi connectivity index (χ0n) is 40.5. The van der Waals surface area contributed by atoms with Crippen molar-refractivity contribution < 1.29 is 58.2 Å². The molecular weight excluding hydrogens is 829 g/mol. The standard InChI is InChI=1S/C53H88O12/c1-4-7-10-13-16-19-21-23-25-28-30-33-36-39-45(54)61-42-44(63-46(55)40-37-34-31-27-18-15-12-9-6-3)43-62-53-51(49(58)48(57)50(65-53)52(59)60)64-47(56)41-38-35-32-29-26-24-22-20-17-14-11-8-5-2/h8,11,17,19-21,24,26,32,35,44,48-51,53,57-58H,4-7,9-10,12-16,18,22-23,25,27-31,33-34,36-43H2,1-3H3,(H,59,60)/b11-8-,20-17-,21-19-,26-24-,35-32-. The topological polar surface area (TPSA) is 175 Å². The van der Waals surface area contributed by atoms with E-state index < -0.39 is 67.3 Å². The van der Waals surface area contributed by atoms with E-state index in [-0.39, 0.29) is 25.9 Å². The Balaban J connectivity index is 2.78. The minimum atomic E-state index is -1.92. The highest BCUT2D eigenvalue weighted by Gasteiger charge is 2.50. The van der Waals surface area contributed by atoms with Crippen molar-refractivity contribution in [2.75, 3.05) is 13.2 Å². The number of hydrogen-bond acceptors (Lipinski definition) is 11. The minimum Gasteiger partial charge on any atom is -0.479 e. The number of rotatable bonds is 41. The highest BCUT2D eigenvalue weighted by atomic mass is 16.7. The van der Waals surface area contributed by atoms with Crippen molar-refractivity contribution >= 4 is 23.9 Å². The van der Waals surface area contributed by atoms with E-state index in [1.807, 2.05) is 18.2 Å². The van der Waals surface area contributed by atoms with Crippen LogP contribution in [-0.2, 0) is 42.9 Å². The van der Waals surface area contributed by atoms with E-state index in [0.717, 1.165) is 77.0 Å². The third-order valence-electron chi connectivity index (χ3n) is 11.1. The molecule has 65 heavy (non-hydrogen) atoms. The van der Waals surface area contributed by atoms with E-state index in [2.05, 4.69) is 63.3 Å². The molecule has 1 saturated heterocycles. The van der Waals surface area contributed by atoms with Crippen LogP contribution in [0, 0.1) is 0 Å². The SMILES string of the molecule is CC/C=C\C/C=C\C/C=C\C/C=C\CCC(=O)OC1C(OCC(COC(=O)CCCCCCC/C=C\CCCCCC)OC(=O)CCCCCCCCCCC)OC(C(=O)O)C(O)C1O. The number of allylic oxidation sites excluding steroid dienone is 10. The monoisotopic (exact) mass is 917 g/mol. The fourth-order valence-electron chi connectivity index (χ4n) is 7.20. The first-order valence-electron chi connectivity index (χ1n) is 25.3. The fourth-order valence-corrected chi connectivity index (χ4v) is 7.20. The molecule has 1 rings (SSSR count). The summed E-state index contributed by atoms with van der Waals surface area (Å²) in [6.07, 6.45) is 36.7. The quantitative estimate of drug-likeness (QED) is 0.0229. The number of carbonyl (C=O) groups is 4. The highest BCUT2D eigenvalue weighted by molar-refractivity contribution is 5.74. The summed E-state index contributed by atoms with van der Waals surface area (Å²) in [5.74, 6) is -3.24. The number of carboxylic acids is 1. The van der Waals surface area contributed by atoms with Crippen LogP contribution in [0.2, 0.25) is 0 Å². The van der Waals surface area contributed by atoms with E-state index in [0.29, 0.717) is 25.7 Å². The van der Waals surface area contributed by atoms with Gasteiger partial charge in [-0.15, -0.1) is 0 Å². The molecule has 6 unspecified atom stereocenters. The van der Waals surface area contributed by atoms with Crippen LogP contribution in [0.25, 0.3) is 0 Å². The molecule has 0 spiro atoms. The van der Waals surface area contributed by atoms with Gasteiger partial charge in [0.15, 0.2) is 24.6 Å². The third kappa shape index (κ3) is 32.7. The van der Waals surface area contributed by atoms with Crippen molar-refractivity contribution in [3.8, 4) is 0 Å². The van der Waals surface area contributed by atoms with Gasteiger partial charge in [-0.05, 0) is 70.6 Å². The molecule has 6 atom stereocenters. The summed E-state index contributed by atoms with van der Waals surface area (Å²) < 4.78 is 28.1. The van der Waals surface area contributed by atoms with Gasteiger partial charge in [0.25, 0.3) is 0 Å². The number of carboxylic acid groups (broad SMARTS) is 1. The summed E-state index contributed by atoms with van der Waals surface area (Å²) in [6.45, 7) is 5.76. The van der Waals surface area contributed by atoms with Crippen molar-refractivity contribution in [3.05, 3.63) is 60.8 Å². The van der Waals surface area contributed by atoms with Crippen molar-refractivity contribution in [3.63, 3.8) is 0 Å². The zero-order valence-corrected chi connectivity index (χ0v) is 40.5. The van der Waals surface area contributed by atoms with Crippen LogP contribution >= 0.6 is 0 Å². The number of aliphatic hydroxyl groups is 2. The number of aliphatic hydroxyl groups excluding tert-OH is 2. The molecule has 0 aromatic rings. The van der Waals surface area contributed by atoms with Crippen LogP contribution in [0.1, 0.15) is 201 Å². The lowest BCUT2D eigenvalue weighted by Crippen LogP contribution is -2.61. The number of ether oxygens (including phenoxy) is 5. The first kappa shape index (κ1) is 59.4. The summed E-state index contributed by atoms with van der Waals surface area (Å²) in [6, 6.07) is 0. The number of carbonyl (C=O) groups excluding carboxylic acids is 3. The van der Waals surface area contributed by atoms with E-state index in [4.69, 9.17) is 23.7 Å². The van der Waals surface area contributed by atoms with Crippen molar-refractivity contribution in [1.82, 2.24) is 0 Å². The maximum atomic E-state index is 13.0. The molecule has 1 heterocycles. The van der Waals surface area contributed by atoms with Gasteiger partial charge in [-0.25, -0.2) is 4.79 Å². The third-order valence-corrected chi connectivity index (χ3v) is 11.1. The fraction of sp³-hybridized carbons (Fsp3) is 0.736. The van der Waals surface area contributed by atoms with Gasteiger partial charge in [-0.1, -0.05) is 171 Å². The van der Waals surface area contributed by atoms with Gasteiger partial charge in [0.2, 0.25) is 0 Å². The molecule has 1 fully saturated rings. The Labute approximate surface area is 392 Å². The zero-order chi connectivity index (χ0) is 47.6. The molecule has 0 aromatic carbocycles. The number of unbranched alkanes of at least 4 members (excludes halogenated alkanes) is 17. The van der Waals surface area contributed by atoms with Gasteiger partial charge in [-0.3, -0.25) is 14.4 Å². The molecule has 12 heteroatoms. The molecule has 0 amide bonds. The summed E-state index contributed by atoms with van der Waals surface area (Å²) in [5, 5.41) is 31.2. The van der Waals surface area contributed by atoms with Crippen LogP contribution in [0.4, 0.5) is 0 Å². The first-order chi connectivity index (χ1) is 31.6. The average Bonchev–Trinajstić information content (AvgIpc) is 3.29. The van der Waals surface area contributed by atoms with Crippen molar-refractivity contribution in [2.24, 2.45) is 0 Å². The molecular formula is C53H88O12. The van der Waals surface area contributed by atoms with Gasteiger partial charge in [0.05, 0.1) is 6.61 Å². The molecule has 0 saturated carbocycles. The molecule has 0 aliphatic carbocycles. The molecule has 1 aliphatic heterocycles. The molecule has 0 bridgehead atoms. The second-order valence-electron chi connectivity index (χ2n) is 17.1. The second kappa shape index (κ2) is 41.8. The Morgan fingerprint density at radius 1 is 0.523 bits per heavy atom. The van der Waals surface area contributed by atoms with Gasteiger partial charge in [0, 0.05) is 19.3 Å². The Bertz CT molecular complexity index is 1370. The maximum absolute atomic E-state index is 13.0. The van der Waals surface area contributed by atoms with Gasteiger partial charge < -0.3 is 39.0 Å². The Morgan fingerprint density at radius 3 is 1.55 bits per heavy atom. The lowest BCUT2D eigenvalue weighted by atomic mass is 9.98. The van der Waals surface area contributed by atoms with Crippen molar-refractivity contribution in [2.45, 2.75) is 237 Å². The predicted molar refractivity (Wildman–Crippen MR) is 257 cm³/mol. The van der Waals surface area contributed by atoms with Gasteiger partial charge >= 0.3 is 23.9 Å². The van der Waals surface area contributed by atoms with E-state index in [9.17, 15) is 34.5 Å². The smallest absolute Gasteiger partial charge is 0.335 e. The molecule has 372 valence electrons. The minimum absolute atomic E-state index is 0.0612. The Kier molecular flexibility index (Phi) is 38.2. The van der Waals surface area contributed by atoms with E-state index >= 15 is 0 Å². The largest absolute Gasteiger partial charge is 0.479 e. The molecule has 0 radical (unpaired) electrons. The molecule has 1 aliphatic rings. The maximum Gasteiger partial charge on any atom is 0.335 e. The highest BCUT2D eigenvalue weighted by Crippen LogP contribution is 2.26. The summed E-state index contributed by atoms with van der Waals surface area (Å²) in [5.41, 5.74) is 0. The van der Waals surface area contributed by atoms with Crippen LogP contribution in [0.15, 0.2) is 60.8 Å². The van der Waals surface area contributed by atoms with Gasteiger partial charge in [-0.2, -0.15) is 0 Å².